The van der Waals surface area contributed by atoms with Crippen molar-refractivity contribution < 1.29 is 5.11 Å². The number of rotatable bonds is 5. The predicted octanol–water partition coefficient (Wildman–Crippen LogP) is 1.39. The van der Waals surface area contributed by atoms with Gasteiger partial charge in [0, 0.05) is 14.1 Å². The van der Waals surface area contributed by atoms with Gasteiger partial charge in [-0.05, 0) is 24.3 Å². The monoisotopic (exact) mass is 423 g/mol. The van der Waals surface area contributed by atoms with Crippen LogP contribution in [0.4, 0.5) is 0 Å². The van der Waals surface area contributed by atoms with Gasteiger partial charge < -0.3 is 5.11 Å². The molecule has 162 valence electrons. The van der Waals surface area contributed by atoms with Gasteiger partial charge in [0.15, 0.2) is 11.2 Å². The Bertz CT molecular complexity index is 1470. The van der Waals surface area contributed by atoms with E-state index in [2.05, 4.69) is 4.98 Å². The van der Waals surface area contributed by atoms with Crippen LogP contribution in [0.3, 0.4) is 0 Å². The Kier molecular flexibility index (Phi) is 5.04. The van der Waals surface area contributed by atoms with Gasteiger partial charge >= 0.3 is 5.69 Å². The SMILES string of the molecule is CC(C)CCc1c(O)n(Cc2ccccc2)c2nc3c(c(=O)n(C)c(=O)n3C)n2c1=O. The first-order valence-corrected chi connectivity index (χ1v) is 10.2. The first-order valence-electron chi connectivity index (χ1n) is 10.2. The van der Waals surface area contributed by atoms with Crippen LogP contribution in [-0.2, 0) is 27.1 Å². The van der Waals surface area contributed by atoms with Crippen LogP contribution in [0.5, 0.6) is 5.88 Å². The molecule has 4 aromatic rings. The van der Waals surface area contributed by atoms with Gasteiger partial charge in [-0.3, -0.25) is 23.3 Å². The first-order chi connectivity index (χ1) is 14.7. The van der Waals surface area contributed by atoms with Gasteiger partial charge in [0.25, 0.3) is 11.1 Å². The molecule has 4 rings (SSSR count). The lowest BCUT2D eigenvalue weighted by Gasteiger charge is -2.15. The molecule has 0 aliphatic heterocycles. The molecule has 0 aliphatic rings. The molecule has 1 N–H and O–H groups in total. The highest BCUT2D eigenvalue weighted by atomic mass is 16.3. The van der Waals surface area contributed by atoms with E-state index >= 15 is 0 Å². The summed E-state index contributed by atoms with van der Waals surface area (Å²) in [7, 11) is 2.87. The molecule has 0 spiro atoms. The van der Waals surface area contributed by atoms with E-state index in [4.69, 9.17) is 0 Å². The average molecular weight is 423 g/mol. The third-order valence-corrected chi connectivity index (χ3v) is 5.62. The third kappa shape index (κ3) is 3.26. The van der Waals surface area contributed by atoms with Crippen molar-refractivity contribution in [2.45, 2.75) is 33.2 Å². The van der Waals surface area contributed by atoms with E-state index < -0.39 is 16.8 Å². The molecule has 9 heteroatoms. The Morgan fingerprint density at radius 1 is 1.00 bits per heavy atom. The van der Waals surface area contributed by atoms with Crippen molar-refractivity contribution >= 4 is 16.9 Å². The summed E-state index contributed by atoms with van der Waals surface area (Å²) in [5, 5.41) is 11.1. The molecule has 0 fully saturated rings. The molecule has 0 aliphatic carbocycles. The minimum atomic E-state index is -0.602. The van der Waals surface area contributed by atoms with Crippen LogP contribution in [0.15, 0.2) is 44.7 Å². The molecule has 0 unspecified atom stereocenters. The maximum Gasteiger partial charge on any atom is 0.332 e. The summed E-state index contributed by atoms with van der Waals surface area (Å²) < 4.78 is 4.95. The number of aromatic nitrogens is 5. The number of imidazole rings is 1. The fourth-order valence-electron chi connectivity index (χ4n) is 3.81. The second kappa shape index (κ2) is 7.57. The summed E-state index contributed by atoms with van der Waals surface area (Å²) in [4.78, 5) is 43.2. The van der Waals surface area contributed by atoms with E-state index in [1.165, 1.54) is 27.6 Å². The maximum absolute atomic E-state index is 13.4. The van der Waals surface area contributed by atoms with Crippen molar-refractivity contribution in [3.8, 4) is 5.88 Å². The van der Waals surface area contributed by atoms with E-state index in [1.807, 2.05) is 44.2 Å². The molecule has 0 amide bonds. The zero-order valence-electron chi connectivity index (χ0n) is 18.0. The van der Waals surface area contributed by atoms with Gasteiger partial charge in [-0.25, -0.2) is 9.20 Å². The molecular weight excluding hydrogens is 398 g/mol. The topological polar surface area (TPSA) is 104 Å². The first kappa shape index (κ1) is 20.6. The Hall–Kier alpha value is -3.62. The Morgan fingerprint density at radius 3 is 2.32 bits per heavy atom. The van der Waals surface area contributed by atoms with Crippen LogP contribution >= 0.6 is 0 Å². The van der Waals surface area contributed by atoms with Gasteiger partial charge in [0.1, 0.15) is 0 Å². The van der Waals surface area contributed by atoms with Crippen molar-refractivity contribution in [2.24, 2.45) is 20.0 Å². The number of hydrogen-bond donors (Lipinski definition) is 1. The van der Waals surface area contributed by atoms with Crippen LogP contribution in [0.1, 0.15) is 31.4 Å². The number of benzene rings is 1. The molecule has 31 heavy (non-hydrogen) atoms. The quantitative estimate of drug-likeness (QED) is 0.522. The van der Waals surface area contributed by atoms with Crippen molar-refractivity contribution in [1.29, 1.82) is 0 Å². The van der Waals surface area contributed by atoms with Crippen molar-refractivity contribution in [2.75, 3.05) is 0 Å². The summed E-state index contributed by atoms with van der Waals surface area (Å²) in [6.45, 7) is 4.33. The second-order valence-electron chi connectivity index (χ2n) is 8.24. The summed E-state index contributed by atoms with van der Waals surface area (Å²) in [6, 6.07) is 9.46. The molecular formula is C22H25N5O4. The van der Waals surface area contributed by atoms with Crippen molar-refractivity contribution in [3.63, 3.8) is 0 Å². The third-order valence-electron chi connectivity index (χ3n) is 5.62. The zero-order valence-corrected chi connectivity index (χ0v) is 18.0. The number of aromatic hydroxyl groups is 1. The highest BCUT2D eigenvalue weighted by molar-refractivity contribution is 5.75. The van der Waals surface area contributed by atoms with Crippen LogP contribution in [0.2, 0.25) is 0 Å². The molecule has 0 saturated carbocycles. The van der Waals surface area contributed by atoms with Gasteiger partial charge in [0.05, 0.1) is 12.1 Å². The standard InChI is InChI=1S/C22H25N5O4/c1-13(2)10-11-15-18(28)26(12-14-8-6-5-7-9-14)21-23-17-16(27(21)19(15)29)20(30)25(4)22(31)24(17)3/h5-9,13,28H,10-12H2,1-4H3. The highest BCUT2D eigenvalue weighted by Crippen LogP contribution is 2.23. The minimum absolute atomic E-state index is 0.0252. The lowest BCUT2D eigenvalue weighted by molar-refractivity contribution is 0.408. The number of aryl methyl sites for hydroxylation is 1. The molecule has 0 bridgehead atoms. The molecule has 0 radical (unpaired) electrons. The van der Waals surface area contributed by atoms with Crippen LogP contribution in [0, 0.1) is 5.92 Å². The number of hydrogen-bond acceptors (Lipinski definition) is 5. The molecule has 9 nitrogen and oxygen atoms in total. The largest absolute Gasteiger partial charge is 0.494 e. The normalized spacial score (nSPS) is 11.8. The summed E-state index contributed by atoms with van der Waals surface area (Å²) in [5.41, 5.74) is -0.374. The molecule has 0 atom stereocenters. The van der Waals surface area contributed by atoms with Crippen LogP contribution in [-0.4, -0.2) is 28.2 Å². The van der Waals surface area contributed by atoms with Crippen molar-refractivity contribution in [3.05, 3.63) is 72.7 Å². The fourth-order valence-corrected chi connectivity index (χ4v) is 3.81. The fraction of sp³-hybridized carbons (Fsp3) is 0.364. The van der Waals surface area contributed by atoms with Crippen LogP contribution < -0.4 is 16.8 Å². The lowest BCUT2D eigenvalue weighted by Crippen LogP contribution is -2.38. The van der Waals surface area contributed by atoms with E-state index in [-0.39, 0.29) is 34.9 Å². The van der Waals surface area contributed by atoms with Crippen molar-refractivity contribution in [1.82, 2.24) is 23.1 Å². The Labute approximate surface area is 177 Å². The average Bonchev–Trinajstić information content (AvgIpc) is 3.15. The lowest BCUT2D eigenvalue weighted by atomic mass is 10.0. The summed E-state index contributed by atoms with van der Waals surface area (Å²) >= 11 is 0. The predicted molar refractivity (Wildman–Crippen MR) is 118 cm³/mol. The summed E-state index contributed by atoms with van der Waals surface area (Å²) in [5.74, 6) is 0.275. The molecule has 0 saturated heterocycles. The smallest absolute Gasteiger partial charge is 0.332 e. The number of fused-ring (bicyclic) bond motifs is 3. The molecule has 3 heterocycles. The number of nitrogens with zero attached hydrogens (tertiary/aromatic N) is 5. The van der Waals surface area contributed by atoms with E-state index in [0.29, 0.717) is 18.8 Å². The highest BCUT2D eigenvalue weighted by Gasteiger charge is 2.24. The van der Waals surface area contributed by atoms with Crippen LogP contribution in [0.25, 0.3) is 16.9 Å². The maximum atomic E-state index is 13.4. The summed E-state index contributed by atoms with van der Waals surface area (Å²) in [6.07, 6.45) is 1.06. The van der Waals surface area contributed by atoms with Gasteiger partial charge in [-0.2, -0.15) is 4.98 Å². The Morgan fingerprint density at radius 2 is 1.68 bits per heavy atom. The van der Waals surface area contributed by atoms with Gasteiger partial charge in [-0.1, -0.05) is 44.2 Å². The van der Waals surface area contributed by atoms with E-state index in [1.54, 1.807) is 0 Å². The second-order valence-corrected chi connectivity index (χ2v) is 8.24. The van der Waals surface area contributed by atoms with E-state index in [0.717, 1.165) is 10.1 Å². The van der Waals surface area contributed by atoms with Gasteiger partial charge in [0.2, 0.25) is 11.7 Å². The molecule has 1 aromatic carbocycles. The minimum Gasteiger partial charge on any atom is -0.494 e. The zero-order chi connectivity index (χ0) is 22.4. The van der Waals surface area contributed by atoms with E-state index in [9.17, 15) is 19.5 Å². The molecule has 3 aromatic heterocycles. The Balaban J connectivity index is 2.15. The van der Waals surface area contributed by atoms with Gasteiger partial charge in [-0.15, -0.1) is 0 Å².